The Morgan fingerprint density at radius 3 is 1.73 bits per heavy atom. The molecule has 9 rings (SSSR count). The molecule has 6 aromatic carbocycles. The molecule has 3 heterocycles. The van der Waals surface area contributed by atoms with Gasteiger partial charge in [0.2, 0.25) is 0 Å². The van der Waals surface area contributed by atoms with Crippen LogP contribution in [0.2, 0.25) is 0 Å². The number of rotatable bonds is 6. The van der Waals surface area contributed by atoms with E-state index in [1.54, 1.807) is 0 Å². The van der Waals surface area contributed by atoms with Gasteiger partial charge in [0.1, 0.15) is 5.82 Å². The van der Waals surface area contributed by atoms with Gasteiger partial charge < -0.3 is 19.1 Å². The van der Waals surface area contributed by atoms with E-state index in [2.05, 4.69) is 240 Å². The molecule has 0 radical (unpaired) electrons. The van der Waals surface area contributed by atoms with Gasteiger partial charge in [-0.3, -0.25) is 0 Å². The zero-order valence-electron chi connectivity index (χ0n) is 42.1. The molecule has 1 aliphatic heterocycles. The molecular formula is C61H65N4OPt-3. The second-order valence-electron chi connectivity index (χ2n) is 22.7. The largest absolute Gasteiger partial charge is 0.509 e. The number of benzene rings is 6. The number of nitrogens with zero attached hydrogens (tertiary/aromatic N) is 4. The molecule has 6 heteroatoms. The average molecular weight is 1070 g/mol. The average Bonchev–Trinajstić information content (AvgIpc) is 3.78. The summed E-state index contributed by atoms with van der Waals surface area (Å²) in [6.07, 6.45) is 1.93. The van der Waals surface area contributed by atoms with Crippen LogP contribution in [0.1, 0.15) is 122 Å². The molecule has 0 amide bonds. The van der Waals surface area contributed by atoms with Crippen molar-refractivity contribution >= 4 is 44.6 Å². The minimum absolute atomic E-state index is 0. The standard InChI is InChI=1S/C61H65N4O.Pt/c1-38-26-39(2)57(40(3)27-38)41-20-22-50-51-23-21-48(36-55(51)65(54(50)28-41)56-34-42(24-25-62-56)58(4,5)6)66-49-33-45(61(13,14)15)32-47(35-49)64-37-63(52-18-16-17-19-53(52)64)46-30-43(59(7,8)9)29-44(31-46)60(10,11)12;/h16-34,37H,1-15H3;/q-3;. The smallest absolute Gasteiger partial charge is 0.135 e. The molecular weight excluding hydrogens is 1000 g/mol. The summed E-state index contributed by atoms with van der Waals surface area (Å²) in [7, 11) is 0. The third-order valence-electron chi connectivity index (χ3n) is 13.2. The first-order valence-electron chi connectivity index (χ1n) is 23.4. The maximum atomic E-state index is 6.93. The van der Waals surface area contributed by atoms with Gasteiger partial charge in [0.25, 0.3) is 0 Å². The molecule has 0 saturated heterocycles. The van der Waals surface area contributed by atoms with Crippen molar-refractivity contribution in [1.82, 2.24) is 9.55 Å². The Kier molecular flexibility index (Phi) is 12.2. The predicted molar refractivity (Wildman–Crippen MR) is 279 cm³/mol. The van der Waals surface area contributed by atoms with Crippen LogP contribution in [0.4, 0.5) is 22.7 Å². The van der Waals surface area contributed by atoms with Crippen molar-refractivity contribution in [3.8, 4) is 28.4 Å². The number of pyridine rings is 1. The van der Waals surface area contributed by atoms with E-state index in [1.807, 2.05) is 12.3 Å². The van der Waals surface area contributed by atoms with E-state index in [1.165, 1.54) is 44.5 Å². The van der Waals surface area contributed by atoms with E-state index in [0.29, 0.717) is 11.5 Å². The first-order chi connectivity index (χ1) is 30.9. The van der Waals surface area contributed by atoms with Crippen molar-refractivity contribution < 1.29 is 25.8 Å². The van der Waals surface area contributed by atoms with E-state index >= 15 is 0 Å². The molecule has 5 nitrogen and oxygen atoms in total. The minimum atomic E-state index is -0.167. The molecule has 8 aromatic rings. The van der Waals surface area contributed by atoms with Gasteiger partial charge in [0.15, 0.2) is 0 Å². The number of hydrogen-bond acceptors (Lipinski definition) is 4. The first kappa shape index (κ1) is 47.8. The summed E-state index contributed by atoms with van der Waals surface area (Å²) in [6.45, 7) is 36.0. The Morgan fingerprint density at radius 1 is 0.537 bits per heavy atom. The zero-order valence-corrected chi connectivity index (χ0v) is 44.3. The van der Waals surface area contributed by atoms with E-state index in [9.17, 15) is 0 Å². The van der Waals surface area contributed by atoms with Gasteiger partial charge in [-0.2, -0.15) is 6.07 Å². The number of para-hydroxylation sites is 2. The second kappa shape index (κ2) is 17.1. The van der Waals surface area contributed by atoms with Crippen LogP contribution in [-0.4, -0.2) is 9.55 Å². The van der Waals surface area contributed by atoms with Crippen molar-refractivity contribution in [3.05, 3.63) is 173 Å². The molecule has 0 aliphatic carbocycles. The molecule has 0 spiro atoms. The number of fused-ring (bicyclic) bond motifs is 4. The summed E-state index contributed by atoms with van der Waals surface area (Å²) in [6, 6.07) is 47.5. The SMILES string of the molecule is Cc1cc(C)c(-c2ccc3c4ccc(Oc5[c-]c(N6[CH-]N(c7cc(C(C)(C)C)cc(C(C)(C)C)c7)c7ccccc76)cc(C(C)(C)C)c5)[c-]c4n(-c4cc(C(C)(C)C)ccn4)c3c2)c(C)c1.[Pt]. The van der Waals surface area contributed by atoms with Gasteiger partial charge in [-0.25, -0.2) is 4.98 Å². The molecule has 0 fully saturated rings. The van der Waals surface area contributed by atoms with Crippen LogP contribution in [0.3, 0.4) is 0 Å². The summed E-state index contributed by atoms with van der Waals surface area (Å²) in [4.78, 5) is 9.60. The molecule has 0 N–H and O–H groups in total. The topological polar surface area (TPSA) is 33.5 Å². The Balaban J connectivity index is 0.00000608. The number of aromatic nitrogens is 2. The third-order valence-corrected chi connectivity index (χ3v) is 13.2. The normalized spacial score (nSPS) is 13.4. The van der Waals surface area contributed by atoms with Gasteiger partial charge in [-0.1, -0.05) is 137 Å². The first-order valence-corrected chi connectivity index (χ1v) is 23.4. The second-order valence-corrected chi connectivity index (χ2v) is 22.7. The van der Waals surface area contributed by atoms with Gasteiger partial charge >= 0.3 is 0 Å². The van der Waals surface area contributed by atoms with Crippen molar-refractivity contribution in [1.29, 1.82) is 0 Å². The molecule has 0 bridgehead atoms. The Bertz CT molecular complexity index is 3130. The molecule has 0 unspecified atom stereocenters. The van der Waals surface area contributed by atoms with E-state index < -0.39 is 0 Å². The fourth-order valence-electron chi connectivity index (χ4n) is 9.41. The number of hydrogen-bond donors (Lipinski definition) is 0. The molecule has 0 atom stereocenters. The molecule has 67 heavy (non-hydrogen) atoms. The van der Waals surface area contributed by atoms with E-state index in [4.69, 9.17) is 9.72 Å². The van der Waals surface area contributed by atoms with Gasteiger partial charge in [-0.15, -0.1) is 53.6 Å². The van der Waals surface area contributed by atoms with Crippen LogP contribution in [0.25, 0.3) is 38.8 Å². The number of anilines is 4. The molecule has 348 valence electrons. The molecule has 1 aliphatic rings. The Morgan fingerprint density at radius 2 is 1.12 bits per heavy atom. The van der Waals surface area contributed by atoms with Crippen LogP contribution < -0.4 is 14.5 Å². The summed E-state index contributed by atoms with van der Waals surface area (Å²) >= 11 is 0. The van der Waals surface area contributed by atoms with E-state index in [-0.39, 0.29) is 42.7 Å². The maximum Gasteiger partial charge on any atom is 0.135 e. The van der Waals surface area contributed by atoms with E-state index in [0.717, 1.165) is 55.9 Å². The van der Waals surface area contributed by atoms with Crippen molar-refractivity contribution in [2.45, 2.75) is 126 Å². The summed E-state index contributed by atoms with van der Waals surface area (Å²) in [5.74, 6) is 2.09. The van der Waals surface area contributed by atoms with Crippen LogP contribution in [0, 0.1) is 39.6 Å². The summed E-state index contributed by atoms with van der Waals surface area (Å²) in [5.41, 5.74) is 17.2. The summed E-state index contributed by atoms with van der Waals surface area (Å²) in [5, 5.41) is 2.23. The fourth-order valence-corrected chi connectivity index (χ4v) is 9.41. The Hall–Kier alpha value is -5.64. The monoisotopic (exact) mass is 1060 g/mol. The van der Waals surface area contributed by atoms with Crippen LogP contribution >= 0.6 is 0 Å². The van der Waals surface area contributed by atoms with Gasteiger partial charge in [0.05, 0.1) is 0 Å². The van der Waals surface area contributed by atoms with Crippen LogP contribution in [0.5, 0.6) is 11.5 Å². The third kappa shape index (κ3) is 9.21. The molecule has 0 saturated carbocycles. The minimum Gasteiger partial charge on any atom is -0.509 e. The number of ether oxygens (including phenoxy) is 1. The number of aryl methyl sites for hydroxylation is 3. The Labute approximate surface area is 414 Å². The van der Waals surface area contributed by atoms with Gasteiger partial charge in [-0.05, 0) is 129 Å². The maximum absolute atomic E-state index is 6.93. The predicted octanol–water partition coefficient (Wildman–Crippen LogP) is 16.8. The fraction of sp³-hybridized carbons (Fsp3) is 0.311. The van der Waals surface area contributed by atoms with Crippen LogP contribution in [0.15, 0.2) is 115 Å². The van der Waals surface area contributed by atoms with Crippen molar-refractivity contribution in [2.24, 2.45) is 0 Å². The molecule has 2 aromatic heterocycles. The summed E-state index contributed by atoms with van der Waals surface area (Å²) < 4.78 is 9.19. The van der Waals surface area contributed by atoms with Crippen molar-refractivity contribution in [2.75, 3.05) is 9.80 Å². The zero-order chi connectivity index (χ0) is 47.2. The van der Waals surface area contributed by atoms with Gasteiger partial charge in [0, 0.05) is 61.3 Å². The quantitative estimate of drug-likeness (QED) is 0.155. The van der Waals surface area contributed by atoms with Crippen molar-refractivity contribution in [3.63, 3.8) is 0 Å². The van der Waals surface area contributed by atoms with Crippen LogP contribution in [-0.2, 0) is 42.7 Å².